The van der Waals surface area contributed by atoms with E-state index in [0.717, 1.165) is 11.3 Å². The Morgan fingerprint density at radius 3 is 2.86 bits per heavy atom. The molecule has 9 heteroatoms. The average molecular weight is 413 g/mol. The van der Waals surface area contributed by atoms with E-state index in [1.165, 1.54) is 17.4 Å². The van der Waals surface area contributed by atoms with E-state index in [1.807, 2.05) is 18.2 Å². The molecule has 0 radical (unpaired) electrons. The van der Waals surface area contributed by atoms with Crippen molar-refractivity contribution in [2.24, 2.45) is 0 Å². The summed E-state index contributed by atoms with van der Waals surface area (Å²) >= 11 is 1.22. The van der Waals surface area contributed by atoms with E-state index >= 15 is 0 Å². The minimum atomic E-state index is -0.297. The van der Waals surface area contributed by atoms with Gasteiger partial charge < -0.3 is 15.4 Å². The summed E-state index contributed by atoms with van der Waals surface area (Å²) < 4.78 is 19.6. The molecular formula is C20H20FN5O2S. The van der Waals surface area contributed by atoms with Crippen LogP contribution in [-0.4, -0.2) is 45.7 Å². The molecule has 2 N–H and O–H groups in total. The van der Waals surface area contributed by atoms with E-state index in [1.54, 1.807) is 23.2 Å². The van der Waals surface area contributed by atoms with Gasteiger partial charge in [0.1, 0.15) is 16.9 Å². The maximum Gasteiger partial charge on any atom is 0.229 e. The molecular weight excluding hydrogens is 393 g/mol. The molecule has 3 aromatic rings. The number of aromatic nitrogens is 3. The van der Waals surface area contributed by atoms with Crippen molar-refractivity contribution in [3.05, 3.63) is 70.2 Å². The van der Waals surface area contributed by atoms with E-state index in [2.05, 4.69) is 15.2 Å². The van der Waals surface area contributed by atoms with Crippen molar-refractivity contribution in [2.45, 2.75) is 18.9 Å². The van der Waals surface area contributed by atoms with E-state index in [0.29, 0.717) is 41.8 Å². The molecule has 1 saturated heterocycles. The number of hydrogen-bond acceptors (Lipinski definition) is 7. The molecule has 3 heterocycles. The molecule has 150 valence electrons. The first-order valence-electron chi connectivity index (χ1n) is 9.24. The van der Waals surface area contributed by atoms with Gasteiger partial charge in [-0.3, -0.25) is 9.78 Å². The lowest BCUT2D eigenvalue weighted by molar-refractivity contribution is -0.138. The largest absolute Gasteiger partial charge is 0.374 e. The molecule has 1 unspecified atom stereocenters. The van der Waals surface area contributed by atoms with Gasteiger partial charge in [-0.25, -0.2) is 4.39 Å². The maximum atomic E-state index is 13.8. The van der Waals surface area contributed by atoms with Gasteiger partial charge in [0.2, 0.25) is 11.0 Å². The number of nitrogen functional groups attached to an aromatic ring is 1. The third kappa shape index (κ3) is 4.75. The molecule has 0 saturated carbocycles. The number of rotatable bonds is 5. The van der Waals surface area contributed by atoms with Crippen molar-refractivity contribution >= 4 is 22.4 Å². The summed E-state index contributed by atoms with van der Waals surface area (Å²) in [5.74, 6) is -0.260. The highest BCUT2D eigenvalue weighted by molar-refractivity contribution is 7.15. The van der Waals surface area contributed by atoms with Crippen LogP contribution >= 0.6 is 11.3 Å². The van der Waals surface area contributed by atoms with Crippen LogP contribution in [0.25, 0.3) is 0 Å². The summed E-state index contributed by atoms with van der Waals surface area (Å²) in [5, 5.41) is 8.60. The van der Waals surface area contributed by atoms with E-state index < -0.39 is 0 Å². The fraction of sp³-hybridized carbons (Fsp3) is 0.300. The molecule has 0 aliphatic carbocycles. The van der Waals surface area contributed by atoms with Crippen LogP contribution in [0.15, 0.2) is 42.6 Å². The van der Waals surface area contributed by atoms with Crippen molar-refractivity contribution in [1.82, 2.24) is 20.1 Å². The Morgan fingerprint density at radius 1 is 1.28 bits per heavy atom. The second-order valence-corrected chi connectivity index (χ2v) is 7.86. The van der Waals surface area contributed by atoms with Gasteiger partial charge in [0.05, 0.1) is 25.3 Å². The standard InChI is InChI=1S/C20H20FN5O2S/c21-15-4-2-1-3-14(15)9-13-5-6-16(23-11-13)17-12-26(7-8-28-17)19(27)10-18-24-25-20(22)29-18/h1-6,11,17H,7-10,12H2,(H2,22,25). The minimum Gasteiger partial charge on any atom is -0.374 e. The molecule has 4 rings (SSSR count). The first kappa shape index (κ1) is 19.4. The first-order valence-corrected chi connectivity index (χ1v) is 10.1. The number of ether oxygens (including phenoxy) is 1. The Labute approximate surface area is 171 Å². The van der Waals surface area contributed by atoms with Gasteiger partial charge in [-0.05, 0) is 23.3 Å². The molecule has 1 aromatic carbocycles. The third-order valence-electron chi connectivity index (χ3n) is 4.73. The van der Waals surface area contributed by atoms with Crippen molar-refractivity contribution in [3.8, 4) is 0 Å². The average Bonchev–Trinajstić information content (AvgIpc) is 3.15. The fourth-order valence-electron chi connectivity index (χ4n) is 3.23. The highest BCUT2D eigenvalue weighted by atomic mass is 32.1. The molecule has 7 nitrogen and oxygen atoms in total. The molecule has 1 amide bonds. The lowest BCUT2D eigenvalue weighted by Gasteiger charge is -2.32. The Kier molecular flexibility index (Phi) is 5.77. The van der Waals surface area contributed by atoms with Crippen molar-refractivity contribution < 1.29 is 13.9 Å². The number of nitrogens with zero attached hydrogens (tertiary/aromatic N) is 4. The summed E-state index contributed by atoms with van der Waals surface area (Å²) in [7, 11) is 0. The third-order valence-corrected chi connectivity index (χ3v) is 5.49. The summed E-state index contributed by atoms with van der Waals surface area (Å²) in [4.78, 5) is 18.8. The second-order valence-electron chi connectivity index (χ2n) is 6.77. The number of benzene rings is 1. The van der Waals surface area contributed by atoms with Crippen molar-refractivity contribution in [3.63, 3.8) is 0 Å². The van der Waals surface area contributed by atoms with Crippen LogP contribution in [0.2, 0.25) is 0 Å². The topological polar surface area (TPSA) is 94.2 Å². The zero-order valence-electron chi connectivity index (χ0n) is 15.6. The molecule has 1 aliphatic heterocycles. The normalized spacial score (nSPS) is 16.7. The minimum absolute atomic E-state index is 0.0365. The summed E-state index contributed by atoms with van der Waals surface area (Å²) in [6.45, 7) is 1.38. The smallest absolute Gasteiger partial charge is 0.229 e. The van der Waals surface area contributed by atoms with Gasteiger partial charge in [0, 0.05) is 19.2 Å². The molecule has 0 spiro atoms. The highest BCUT2D eigenvalue weighted by Crippen LogP contribution is 2.23. The Hall–Kier alpha value is -2.91. The summed E-state index contributed by atoms with van der Waals surface area (Å²) in [5.41, 5.74) is 7.86. The van der Waals surface area contributed by atoms with Crippen molar-refractivity contribution in [2.75, 3.05) is 25.4 Å². The molecule has 2 aromatic heterocycles. The molecule has 29 heavy (non-hydrogen) atoms. The zero-order chi connectivity index (χ0) is 20.2. The highest BCUT2D eigenvalue weighted by Gasteiger charge is 2.27. The van der Waals surface area contributed by atoms with Crippen LogP contribution in [-0.2, 0) is 22.4 Å². The van der Waals surface area contributed by atoms with Crippen LogP contribution in [0.4, 0.5) is 9.52 Å². The number of anilines is 1. The van der Waals surface area contributed by atoms with Crippen LogP contribution in [0.3, 0.4) is 0 Å². The van der Waals surface area contributed by atoms with E-state index in [-0.39, 0.29) is 24.2 Å². The zero-order valence-corrected chi connectivity index (χ0v) is 16.4. The van der Waals surface area contributed by atoms with Crippen LogP contribution in [0, 0.1) is 5.82 Å². The number of pyridine rings is 1. The van der Waals surface area contributed by atoms with Gasteiger partial charge in [0.25, 0.3) is 0 Å². The lowest BCUT2D eigenvalue weighted by Crippen LogP contribution is -2.43. The number of carbonyl (C=O) groups excluding carboxylic acids is 1. The van der Waals surface area contributed by atoms with Gasteiger partial charge in [-0.2, -0.15) is 0 Å². The maximum absolute atomic E-state index is 13.8. The first-order chi connectivity index (χ1) is 14.1. The van der Waals surface area contributed by atoms with Gasteiger partial charge >= 0.3 is 0 Å². The van der Waals surface area contributed by atoms with Gasteiger partial charge in [-0.1, -0.05) is 35.6 Å². The molecule has 1 fully saturated rings. The Morgan fingerprint density at radius 2 is 2.14 bits per heavy atom. The van der Waals surface area contributed by atoms with Crippen LogP contribution < -0.4 is 5.73 Å². The predicted molar refractivity (Wildman–Crippen MR) is 107 cm³/mol. The molecule has 1 aliphatic rings. The quantitative estimate of drug-likeness (QED) is 0.690. The monoisotopic (exact) mass is 413 g/mol. The van der Waals surface area contributed by atoms with Crippen LogP contribution in [0.1, 0.15) is 27.9 Å². The Balaban J connectivity index is 1.39. The number of carbonyl (C=O) groups is 1. The fourth-order valence-corrected chi connectivity index (χ4v) is 3.83. The molecule has 0 bridgehead atoms. The van der Waals surface area contributed by atoms with Crippen molar-refractivity contribution in [1.29, 1.82) is 0 Å². The predicted octanol–water partition coefficient (Wildman–Crippen LogP) is 2.39. The number of hydrogen-bond donors (Lipinski definition) is 1. The number of halogens is 1. The lowest BCUT2D eigenvalue weighted by atomic mass is 10.1. The second kappa shape index (κ2) is 8.62. The van der Waals surface area contributed by atoms with Gasteiger partial charge in [0.15, 0.2) is 0 Å². The van der Waals surface area contributed by atoms with E-state index in [9.17, 15) is 9.18 Å². The SMILES string of the molecule is Nc1nnc(CC(=O)N2CCOC(c3ccc(Cc4ccccc4F)cn3)C2)s1. The molecule has 1 atom stereocenters. The van der Waals surface area contributed by atoms with E-state index in [4.69, 9.17) is 10.5 Å². The number of nitrogens with two attached hydrogens (primary N) is 1. The van der Waals surface area contributed by atoms with Crippen LogP contribution in [0.5, 0.6) is 0 Å². The number of morpholine rings is 1. The number of amides is 1. The van der Waals surface area contributed by atoms with Gasteiger partial charge in [-0.15, -0.1) is 10.2 Å². The summed E-state index contributed by atoms with van der Waals surface area (Å²) in [6, 6.07) is 10.5. The summed E-state index contributed by atoms with van der Waals surface area (Å²) in [6.07, 6.45) is 2.09. The Bertz CT molecular complexity index is 995.